The maximum absolute atomic E-state index is 6.33. The van der Waals surface area contributed by atoms with Gasteiger partial charge in [-0.1, -0.05) is 43.1 Å². The fourth-order valence-corrected chi connectivity index (χ4v) is 3.22. The average molecular weight is 409 g/mol. The van der Waals surface area contributed by atoms with Crippen LogP contribution < -0.4 is 26.7 Å². The average Bonchev–Trinajstić information content (AvgIpc) is 2.94. The fourth-order valence-electron chi connectivity index (χ4n) is 2.96. The van der Waals surface area contributed by atoms with Crippen molar-refractivity contribution in [1.82, 2.24) is 4.98 Å². The lowest BCUT2D eigenvalue weighted by atomic mass is 10.1. The monoisotopic (exact) mass is 408 g/mol. The van der Waals surface area contributed by atoms with E-state index in [9.17, 15) is 0 Å². The Morgan fingerprint density at radius 3 is 2.67 bits per heavy atom. The molecular formula is C21H26Cl2N2O2. The molecule has 4 nitrogen and oxygen atoms in total. The first kappa shape index (κ1) is 21.4. The van der Waals surface area contributed by atoms with E-state index in [-0.39, 0.29) is 12.4 Å². The van der Waals surface area contributed by atoms with Gasteiger partial charge in [-0.15, -0.1) is 0 Å². The standard InChI is InChI=1S/C21H25ClN2O2.ClH/c1-4-5-12-25-20-10-9-17(14-18(20)22)11-13-26-24-16(3)23-21-15(2)7-6-8-19(21)24;/h6-10,14H,4-5,11-13H2,1-3H3;1H. The summed E-state index contributed by atoms with van der Waals surface area (Å²) in [4.78, 5) is 9.39. The maximum atomic E-state index is 6.33. The fraction of sp³-hybridized carbons (Fsp3) is 0.381. The summed E-state index contributed by atoms with van der Waals surface area (Å²) in [5.74, 6) is 1.73. The molecule has 0 radical (unpaired) electrons. The molecule has 0 bridgehead atoms. The minimum atomic E-state index is 0. The predicted molar refractivity (Wildman–Crippen MR) is 105 cm³/mol. The van der Waals surface area contributed by atoms with Crippen LogP contribution in [0.3, 0.4) is 0 Å². The van der Waals surface area contributed by atoms with Crippen LogP contribution in [0.15, 0.2) is 36.4 Å². The van der Waals surface area contributed by atoms with E-state index in [0.29, 0.717) is 18.2 Å². The van der Waals surface area contributed by atoms with Crippen molar-refractivity contribution >= 4 is 22.6 Å². The summed E-state index contributed by atoms with van der Waals surface area (Å²) in [7, 11) is 0. The van der Waals surface area contributed by atoms with Gasteiger partial charge in [0, 0.05) is 18.9 Å². The molecule has 0 saturated carbocycles. The van der Waals surface area contributed by atoms with Gasteiger partial charge in [-0.3, -0.25) is 0 Å². The molecule has 6 heteroatoms. The second-order valence-corrected chi connectivity index (χ2v) is 6.93. The van der Waals surface area contributed by atoms with E-state index >= 15 is 0 Å². The summed E-state index contributed by atoms with van der Waals surface area (Å²) < 4.78 is 7.57. The summed E-state index contributed by atoms with van der Waals surface area (Å²) in [6.45, 7) is 7.52. The first-order valence-corrected chi connectivity index (χ1v) is 9.52. The highest BCUT2D eigenvalue weighted by atomic mass is 35.5. The van der Waals surface area contributed by atoms with E-state index < -0.39 is 0 Å². The zero-order chi connectivity index (χ0) is 18.5. The van der Waals surface area contributed by atoms with Crippen molar-refractivity contribution < 1.29 is 26.7 Å². The number of hydrogen-bond acceptors (Lipinski definition) is 2. The number of aryl methyl sites for hydroxylation is 2. The van der Waals surface area contributed by atoms with Crippen LogP contribution in [0, 0.1) is 13.8 Å². The molecule has 146 valence electrons. The van der Waals surface area contributed by atoms with E-state index in [4.69, 9.17) is 21.2 Å². The van der Waals surface area contributed by atoms with Crippen molar-refractivity contribution in [2.45, 2.75) is 40.0 Å². The molecular weight excluding hydrogens is 383 g/mol. The number of H-pyrrole nitrogens is 1. The molecule has 0 fully saturated rings. The zero-order valence-electron chi connectivity index (χ0n) is 16.0. The summed E-state index contributed by atoms with van der Waals surface area (Å²) in [6.07, 6.45) is 2.92. The molecule has 27 heavy (non-hydrogen) atoms. The van der Waals surface area contributed by atoms with Crippen molar-refractivity contribution in [2.75, 3.05) is 13.2 Å². The van der Waals surface area contributed by atoms with Gasteiger partial charge in [-0.25, -0.2) is 4.98 Å². The number of hydrogen-bond donors (Lipinski definition) is 1. The molecule has 0 amide bonds. The second kappa shape index (κ2) is 9.86. The van der Waals surface area contributed by atoms with E-state index in [1.165, 1.54) is 5.56 Å². The van der Waals surface area contributed by atoms with Gasteiger partial charge in [0.05, 0.1) is 11.6 Å². The van der Waals surface area contributed by atoms with E-state index in [0.717, 1.165) is 47.4 Å². The minimum Gasteiger partial charge on any atom is -1.00 e. The van der Waals surface area contributed by atoms with E-state index in [2.05, 4.69) is 31.0 Å². The second-order valence-electron chi connectivity index (χ2n) is 6.52. The highest BCUT2D eigenvalue weighted by Crippen LogP contribution is 2.25. The molecule has 0 aliphatic heterocycles. The third kappa shape index (κ3) is 5.08. The summed E-state index contributed by atoms with van der Waals surface area (Å²) in [5.41, 5.74) is 4.51. The molecule has 3 rings (SSSR count). The van der Waals surface area contributed by atoms with Gasteiger partial charge in [0.1, 0.15) is 12.4 Å². The number of aromatic nitrogens is 2. The van der Waals surface area contributed by atoms with Crippen LogP contribution in [-0.4, -0.2) is 18.2 Å². The Kier molecular flexibility index (Phi) is 7.81. The summed E-state index contributed by atoms with van der Waals surface area (Å²) in [5, 5.41) is 0.658. The van der Waals surface area contributed by atoms with E-state index in [1.807, 2.05) is 35.9 Å². The smallest absolute Gasteiger partial charge is 0.292 e. The zero-order valence-corrected chi connectivity index (χ0v) is 17.5. The van der Waals surface area contributed by atoms with Gasteiger partial charge in [0.15, 0.2) is 5.52 Å². The third-order valence-corrected chi connectivity index (χ3v) is 4.74. The minimum absolute atomic E-state index is 0. The van der Waals surface area contributed by atoms with Crippen LogP contribution >= 0.6 is 11.6 Å². The molecule has 0 unspecified atom stereocenters. The molecule has 1 N–H and O–H groups in total. The van der Waals surface area contributed by atoms with Crippen molar-refractivity contribution in [3.05, 3.63) is 58.4 Å². The number of fused-ring (bicyclic) bond motifs is 1. The molecule has 0 aliphatic rings. The number of halogens is 2. The first-order chi connectivity index (χ1) is 12.6. The van der Waals surface area contributed by atoms with Gasteiger partial charge in [0.25, 0.3) is 5.82 Å². The molecule has 0 aliphatic carbocycles. The number of nitrogens with zero attached hydrogens (tertiary/aromatic N) is 1. The molecule has 2 aromatic carbocycles. The van der Waals surface area contributed by atoms with Gasteiger partial charge in [-0.2, -0.15) is 0 Å². The van der Waals surface area contributed by atoms with Crippen molar-refractivity contribution in [3.8, 4) is 5.75 Å². The predicted octanol–water partition coefficient (Wildman–Crippen LogP) is 1.58. The largest absolute Gasteiger partial charge is 1.00 e. The van der Waals surface area contributed by atoms with Crippen molar-refractivity contribution in [1.29, 1.82) is 0 Å². The van der Waals surface area contributed by atoms with Crippen molar-refractivity contribution in [2.24, 2.45) is 0 Å². The van der Waals surface area contributed by atoms with Gasteiger partial charge < -0.3 is 22.0 Å². The third-order valence-electron chi connectivity index (χ3n) is 4.44. The van der Waals surface area contributed by atoms with E-state index in [1.54, 1.807) is 0 Å². The lowest BCUT2D eigenvalue weighted by molar-refractivity contribution is -0.875. The number of rotatable bonds is 8. The van der Waals surface area contributed by atoms with Crippen molar-refractivity contribution in [3.63, 3.8) is 0 Å². The van der Waals surface area contributed by atoms with Crippen LogP contribution in [0.25, 0.3) is 11.0 Å². The SMILES string of the molecule is CCCCOc1ccc(CCO[n+]2c(C)[nH]c3c(C)cccc32)cc1Cl.[Cl-]. The lowest BCUT2D eigenvalue weighted by Crippen LogP contribution is -3.00. The molecule has 3 aromatic rings. The first-order valence-electron chi connectivity index (χ1n) is 9.14. The van der Waals surface area contributed by atoms with Crippen LogP contribution in [0.2, 0.25) is 5.02 Å². The number of nitrogens with one attached hydrogen (secondary N) is 1. The topological polar surface area (TPSA) is 38.1 Å². The number of imidazole rings is 1. The van der Waals surface area contributed by atoms with Gasteiger partial charge in [0.2, 0.25) is 5.52 Å². The molecule has 1 heterocycles. The molecule has 1 aromatic heterocycles. The highest BCUT2D eigenvalue weighted by molar-refractivity contribution is 6.32. The van der Waals surface area contributed by atoms with Crippen LogP contribution in [0.5, 0.6) is 5.75 Å². The molecule has 0 atom stereocenters. The Labute approximate surface area is 171 Å². The highest BCUT2D eigenvalue weighted by Gasteiger charge is 2.17. The number of aromatic amines is 1. The Bertz CT molecular complexity index is 893. The van der Waals surface area contributed by atoms with Crippen LogP contribution in [0.4, 0.5) is 0 Å². The lowest BCUT2D eigenvalue weighted by Gasteiger charge is -2.09. The Morgan fingerprint density at radius 1 is 1.11 bits per heavy atom. The normalized spacial score (nSPS) is 10.7. The number of unbranched alkanes of at least 4 members (excludes halogenated alkanes) is 1. The quantitative estimate of drug-likeness (QED) is 0.453. The van der Waals surface area contributed by atoms with Gasteiger partial charge >= 0.3 is 0 Å². The number of ether oxygens (including phenoxy) is 1. The number of benzene rings is 2. The maximum Gasteiger partial charge on any atom is 0.292 e. The Hall–Kier alpha value is -1.91. The van der Waals surface area contributed by atoms with Crippen LogP contribution in [-0.2, 0) is 6.42 Å². The Balaban J connectivity index is 0.00000261. The summed E-state index contributed by atoms with van der Waals surface area (Å²) in [6, 6.07) is 12.2. The molecule has 0 saturated heterocycles. The van der Waals surface area contributed by atoms with Gasteiger partial charge in [-0.05, 0) is 41.8 Å². The summed E-state index contributed by atoms with van der Waals surface area (Å²) >= 11 is 6.33. The van der Waals surface area contributed by atoms with Crippen LogP contribution in [0.1, 0.15) is 36.7 Å². The Morgan fingerprint density at radius 2 is 1.93 bits per heavy atom. The number of para-hydroxylation sites is 1. The molecule has 0 spiro atoms.